The van der Waals surface area contributed by atoms with E-state index < -0.39 is 0 Å². The molecule has 4 aromatic rings. The number of carbonyl (C=O) groups is 2. The average Bonchev–Trinajstić information content (AvgIpc) is 3.12. The molecule has 8 heteroatoms. The van der Waals surface area contributed by atoms with E-state index in [-0.39, 0.29) is 34.9 Å². The Morgan fingerprint density at radius 2 is 1.06 bits per heavy atom. The first-order valence-corrected chi connectivity index (χ1v) is 17.8. The second-order valence-corrected chi connectivity index (χ2v) is 13.3. The molecule has 52 heavy (non-hydrogen) atoms. The average molecular weight is 707 g/mol. The van der Waals surface area contributed by atoms with Crippen LogP contribution in [0, 0.1) is 0 Å². The second-order valence-electron chi connectivity index (χ2n) is 13.3. The predicted molar refractivity (Wildman–Crippen MR) is 214 cm³/mol. The van der Waals surface area contributed by atoms with Gasteiger partial charge in [0.1, 0.15) is 23.0 Å². The summed E-state index contributed by atoms with van der Waals surface area (Å²) in [6.07, 6.45) is 9.73. The summed E-state index contributed by atoms with van der Waals surface area (Å²) < 4.78 is 11.1. The van der Waals surface area contributed by atoms with Gasteiger partial charge in [0, 0.05) is 22.5 Å². The second kappa shape index (κ2) is 19.2. The Labute approximate surface area is 308 Å². The minimum absolute atomic E-state index is 0.149. The van der Waals surface area contributed by atoms with Crippen molar-refractivity contribution in [1.29, 1.82) is 0 Å². The zero-order chi connectivity index (χ0) is 38.5. The van der Waals surface area contributed by atoms with Crippen LogP contribution in [0.25, 0.3) is 12.2 Å². The van der Waals surface area contributed by atoms with Gasteiger partial charge in [-0.3, -0.25) is 9.59 Å². The Morgan fingerprint density at radius 1 is 0.635 bits per heavy atom. The molecule has 0 saturated carbocycles. The van der Waals surface area contributed by atoms with Gasteiger partial charge < -0.3 is 31.2 Å². The number of methoxy groups -OCH3 is 2. The molecule has 0 aliphatic carbocycles. The van der Waals surface area contributed by atoms with Crippen LogP contribution in [0.15, 0.2) is 72.8 Å². The van der Waals surface area contributed by atoms with E-state index in [2.05, 4.69) is 27.7 Å². The summed E-state index contributed by atoms with van der Waals surface area (Å²) in [5.41, 5.74) is 18.5. The molecule has 0 bridgehead atoms. The summed E-state index contributed by atoms with van der Waals surface area (Å²) in [6.45, 7) is 12.4. The molecule has 0 heterocycles. The first-order chi connectivity index (χ1) is 24.8. The van der Waals surface area contributed by atoms with Crippen molar-refractivity contribution in [2.75, 3.05) is 25.7 Å². The quantitative estimate of drug-likeness (QED) is 0.0576. The van der Waals surface area contributed by atoms with Crippen molar-refractivity contribution in [3.63, 3.8) is 0 Å². The van der Waals surface area contributed by atoms with E-state index in [1.807, 2.05) is 26.0 Å². The van der Waals surface area contributed by atoms with Crippen LogP contribution in [0.2, 0.25) is 0 Å². The van der Waals surface area contributed by atoms with Crippen LogP contribution in [0.4, 0.5) is 11.4 Å². The maximum absolute atomic E-state index is 12.4. The maximum Gasteiger partial charge on any atom is 0.185 e. The number of aromatic hydroxyl groups is 2. The summed E-state index contributed by atoms with van der Waals surface area (Å²) in [4.78, 5) is 24.8. The van der Waals surface area contributed by atoms with E-state index in [0.29, 0.717) is 45.1 Å². The number of hydrogen-bond acceptors (Lipinski definition) is 8. The van der Waals surface area contributed by atoms with E-state index >= 15 is 0 Å². The van der Waals surface area contributed by atoms with E-state index in [4.69, 9.17) is 20.9 Å². The number of carbonyl (C=O) groups excluding carboxylic acids is 2. The van der Waals surface area contributed by atoms with Gasteiger partial charge in [0.2, 0.25) is 0 Å². The van der Waals surface area contributed by atoms with E-state index in [9.17, 15) is 19.8 Å². The van der Waals surface area contributed by atoms with Crippen molar-refractivity contribution in [3.8, 4) is 23.0 Å². The molecule has 8 nitrogen and oxygen atoms in total. The Morgan fingerprint density at radius 3 is 1.46 bits per heavy atom. The number of allylic oxidation sites excluding steroid dienone is 2. The molecule has 0 amide bonds. The number of hydrogen-bond donors (Lipinski definition) is 4. The van der Waals surface area contributed by atoms with Crippen LogP contribution in [-0.4, -0.2) is 36.0 Å². The molecule has 0 aliphatic rings. The number of rotatable bonds is 14. The third kappa shape index (κ3) is 10.3. The lowest BCUT2D eigenvalue weighted by molar-refractivity contribution is 0.103. The lowest BCUT2D eigenvalue weighted by Gasteiger charge is -2.20. The minimum atomic E-state index is -0.160. The Balaban J connectivity index is 0.000000280. The molecule has 4 rings (SSSR count). The molecule has 0 spiro atoms. The van der Waals surface area contributed by atoms with Crippen molar-refractivity contribution in [2.45, 2.75) is 79.1 Å². The molecular weight excluding hydrogens is 652 g/mol. The highest BCUT2D eigenvalue weighted by atomic mass is 16.5. The lowest BCUT2D eigenvalue weighted by atomic mass is 9.90. The summed E-state index contributed by atoms with van der Waals surface area (Å²) in [6, 6.07) is 17.5. The summed E-state index contributed by atoms with van der Waals surface area (Å²) in [7, 11) is 3.17. The summed E-state index contributed by atoms with van der Waals surface area (Å²) in [5, 5.41) is 21.4. The smallest absolute Gasteiger partial charge is 0.185 e. The molecule has 0 aromatic heterocycles. The van der Waals surface area contributed by atoms with Crippen LogP contribution in [0.1, 0.15) is 120 Å². The van der Waals surface area contributed by atoms with Crippen LogP contribution in [0.5, 0.6) is 23.0 Å². The zero-order valence-corrected chi connectivity index (χ0v) is 31.7. The number of ether oxygens (including phenoxy) is 2. The third-order valence-corrected chi connectivity index (χ3v) is 8.67. The van der Waals surface area contributed by atoms with Gasteiger partial charge in [-0.05, 0) is 132 Å². The number of ketones is 2. The maximum atomic E-state index is 12.4. The molecule has 276 valence electrons. The van der Waals surface area contributed by atoms with Crippen molar-refractivity contribution >= 4 is 35.1 Å². The van der Waals surface area contributed by atoms with Gasteiger partial charge in [-0.2, -0.15) is 0 Å². The van der Waals surface area contributed by atoms with E-state index in [1.165, 1.54) is 12.2 Å². The van der Waals surface area contributed by atoms with Crippen molar-refractivity contribution in [2.24, 2.45) is 0 Å². The standard InChI is InChI=1S/2C22H27NO3/c1-13(2)18-12-19(14(3)4)22(26-5)17(21(18)25)10-11-20(24)15-6-8-16(23)9-7-15;1-4-6-16-14-17(7-5-2)22(26-3)19(21(16)25)12-13-20(24)15-8-10-18(23)11-9-15/h6-14,25H,23H2,1-5H3;8-14,25H,4-7,23H2,1-3H3/b11-10+;13-12+. The number of phenols is 2. The van der Waals surface area contributed by atoms with Crippen LogP contribution in [-0.2, 0) is 12.8 Å². The fourth-order valence-electron chi connectivity index (χ4n) is 5.88. The van der Waals surface area contributed by atoms with Crippen molar-refractivity contribution in [1.82, 2.24) is 0 Å². The number of nitrogen functional groups attached to an aromatic ring is 2. The molecule has 0 saturated heterocycles. The molecule has 0 atom stereocenters. The fraction of sp³-hybridized carbons (Fsp3) is 0.318. The summed E-state index contributed by atoms with van der Waals surface area (Å²) in [5.74, 6) is 1.64. The number of benzene rings is 4. The molecule has 0 aliphatic heterocycles. The number of anilines is 2. The number of phenolic OH excluding ortho intramolecular Hbond substituents is 2. The normalized spacial score (nSPS) is 11.3. The predicted octanol–water partition coefficient (Wildman–Crippen LogP) is 9.91. The van der Waals surface area contributed by atoms with Gasteiger partial charge in [0.15, 0.2) is 11.6 Å². The third-order valence-electron chi connectivity index (χ3n) is 8.67. The van der Waals surface area contributed by atoms with Gasteiger partial charge in [-0.1, -0.05) is 54.4 Å². The van der Waals surface area contributed by atoms with Crippen molar-refractivity contribution < 1.29 is 29.3 Å². The van der Waals surface area contributed by atoms with Gasteiger partial charge in [0.05, 0.1) is 25.3 Å². The Kier molecular flexibility index (Phi) is 15.1. The van der Waals surface area contributed by atoms with Crippen LogP contribution in [0.3, 0.4) is 0 Å². The largest absolute Gasteiger partial charge is 0.507 e. The highest BCUT2D eigenvalue weighted by molar-refractivity contribution is 6.08. The van der Waals surface area contributed by atoms with E-state index in [1.54, 1.807) is 74.9 Å². The number of aryl methyl sites for hydroxylation is 2. The van der Waals surface area contributed by atoms with E-state index in [0.717, 1.165) is 47.9 Å². The van der Waals surface area contributed by atoms with Crippen LogP contribution >= 0.6 is 0 Å². The molecule has 4 aromatic carbocycles. The van der Waals surface area contributed by atoms with Gasteiger partial charge in [0.25, 0.3) is 0 Å². The highest BCUT2D eigenvalue weighted by Gasteiger charge is 2.21. The Hall–Kier alpha value is -5.50. The molecule has 0 fully saturated rings. The van der Waals surface area contributed by atoms with Gasteiger partial charge >= 0.3 is 0 Å². The lowest BCUT2D eigenvalue weighted by Crippen LogP contribution is -2.02. The minimum Gasteiger partial charge on any atom is -0.507 e. The van der Waals surface area contributed by atoms with Crippen molar-refractivity contribution in [3.05, 3.63) is 117 Å². The highest BCUT2D eigenvalue weighted by Crippen LogP contribution is 2.42. The number of nitrogens with two attached hydrogens (primary N) is 2. The first kappa shape index (κ1) is 40.9. The van der Waals surface area contributed by atoms with Crippen LogP contribution < -0.4 is 20.9 Å². The molecule has 0 unspecified atom stereocenters. The fourth-order valence-corrected chi connectivity index (χ4v) is 5.88. The topological polar surface area (TPSA) is 145 Å². The van der Waals surface area contributed by atoms with Gasteiger partial charge in [-0.15, -0.1) is 0 Å². The molecular formula is C44H54N2O6. The Bertz CT molecular complexity index is 1890. The first-order valence-electron chi connectivity index (χ1n) is 17.8. The monoisotopic (exact) mass is 706 g/mol. The molecule has 0 radical (unpaired) electrons. The summed E-state index contributed by atoms with van der Waals surface area (Å²) >= 11 is 0. The molecule has 6 N–H and O–H groups in total. The van der Waals surface area contributed by atoms with Gasteiger partial charge in [-0.25, -0.2) is 0 Å². The SMILES string of the molecule is CCCc1cc(CCC)c(OC)c(/C=C/C(=O)c2ccc(N)cc2)c1O.COc1c(C(C)C)cc(C(C)C)c(O)c1/C=C/C(=O)c1ccc(N)cc1. The zero-order valence-electron chi connectivity index (χ0n) is 31.7.